The van der Waals surface area contributed by atoms with Gasteiger partial charge < -0.3 is 14.5 Å². The molecule has 120 valence electrons. The van der Waals surface area contributed by atoms with Gasteiger partial charge in [-0.3, -0.25) is 4.79 Å². The van der Waals surface area contributed by atoms with Gasteiger partial charge >= 0.3 is 0 Å². The van der Waals surface area contributed by atoms with Crippen LogP contribution in [0.4, 0.5) is 11.5 Å². The molecule has 1 aromatic heterocycles. The SMILES string of the molecule is COC1CC2C(=O)N(C)c3c(CC(C)C)nc(Cl)nc3N2C1. The van der Waals surface area contributed by atoms with Crippen LogP contribution in [0.15, 0.2) is 0 Å². The number of ether oxygens (including phenoxy) is 1. The molecule has 1 fully saturated rings. The highest BCUT2D eigenvalue weighted by Crippen LogP contribution is 2.41. The molecule has 0 radical (unpaired) electrons. The zero-order chi connectivity index (χ0) is 16.0. The van der Waals surface area contributed by atoms with Crippen molar-refractivity contribution in [3.05, 3.63) is 11.0 Å². The highest BCUT2D eigenvalue weighted by atomic mass is 35.5. The van der Waals surface area contributed by atoms with Gasteiger partial charge in [0, 0.05) is 27.1 Å². The second-order valence-corrected chi connectivity index (χ2v) is 6.71. The van der Waals surface area contributed by atoms with Crippen molar-refractivity contribution in [2.45, 2.75) is 38.8 Å². The van der Waals surface area contributed by atoms with Gasteiger partial charge in [-0.1, -0.05) is 13.8 Å². The first-order chi connectivity index (χ1) is 10.4. The van der Waals surface area contributed by atoms with E-state index in [2.05, 4.69) is 23.8 Å². The molecular weight excluding hydrogens is 304 g/mol. The van der Waals surface area contributed by atoms with Crippen LogP contribution in [-0.2, 0) is 16.0 Å². The van der Waals surface area contributed by atoms with E-state index >= 15 is 0 Å². The average molecular weight is 325 g/mol. The van der Waals surface area contributed by atoms with E-state index in [0.29, 0.717) is 18.9 Å². The normalized spacial score (nSPS) is 24.0. The van der Waals surface area contributed by atoms with Gasteiger partial charge in [0.15, 0.2) is 5.82 Å². The summed E-state index contributed by atoms with van der Waals surface area (Å²) in [7, 11) is 3.47. The molecule has 2 aliphatic rings. The lowest BCUT2D eigenvalue weighted by molar-refractivity contribution is -0.119. The Labute approximate surface area is 135 Å². The molecule has 0 N–H and O–H groups in total. The second-order valence-electron chi connectivity index (χ2n) is 6.37. The Hall–Kier alpha value is -1.40. The Morgan fingerprint density at radius 2 is 2.14 bits per heavy atom. The van der Waals surface area contributed by atoms with Crippen LogP contribution in [0.25, 0.3) is 0 Å². The third kappa shape index (κ3) is 2.44. The number of carbonyl (C=O) groups is 1. The monoisotopic (exact) mass is 324 g/mol. The summed E-state index contributed by atoms with van der Waals surface area (Å²) in [6.07, 6.45) is 1.48. The van der Waals surface area contributed by atoms with Crippen LogP contribution >= 0.6 is 11.6 Å². The first-order valence-electron chi connectivity index (χ1n) is 7.55. The summed E-state index contributed by atoms with van der Waals surface area (Å²) in [5, 5.41) is 0.233. The molecule has 3 rings (SSSR count). The van der Waals surface area contributed by atoms with Crippen molar-refractivity contribution in [2.24, 2.45) is 5.92 Å². The summed E-state index contributed by atoms with van der Waals surface area (Å²) < 4.78 is 5.44. The number of rotatable bonds is 3. The Bertz CT molecular complexity index is 607. The first-order valence-corrected chi connectivity index (χ1v) is 7.93. The third-order valence-electron chi connectivity index (χ3n) is 4.33. The van der Waals surface area contributed by atoms with E-state index in [4.69, 9.17) is 16.3 Å². The molecule has 0 spiro atoms. The van der Waals surface area contributed by atoms with Crippen LogP contribution in [0.3, 0.4) is 0 Å². The molecule has 1 aromatic rings. The summed E-state index contributed by atoms with van der Waals surface area (Å²) >= 11 is 6.13. The molecule has 2 aliphatic heterocycles. The Morgan fingerprint density at radius 1 is 1.41 bits per heavy atom. The van der Waals surface area contributed by atoms with Gasteiger partial charge in [-0.15, -0.1) is 0 Å². The topological polar surface area (TPSA) is 58.6 Å². The third-order valence-corrected chi connectivity index (χ3v) is 4.50. The van der Waals surface area contributed by atoms with E-state index in [0.717, 1.165) is 23.6 Å². The molecule has 7 heteroatoms. The fourth-order valence-corrected chi connectivity index (χ4v) is 3.48. The van der Waals surface area contributed by atoms with Gasteiger partial charge in [0.25, 0.3) is 0 Å². The van der Waals surface area contributed by atoms with Crippen molar-refractivity contribution < 1.29 is 9.53 Å². The van der Waals surface area contributed by atoms with Crippen molar-refractivity contribution in [3.63, 3.8) is 0 Å². The first kappa shape index (κ1) is 15.5. The largest absolute Gasteiger partial charge is 0.380 e. The molecule has 2 unspecified atom stereocenters. The number of methoxy groups -OCH3 is 1. The van der Waals surface area contributed by atoms with Crippen molar-refractivity contribution >= 4 is 29.0 Å². The van der Waals surface area contributed by atoms with E-state index in [1.807, 2.05) is 4.90 Å². The highest BCUT2D eigenvalue weighted by molar-refractivity contribution is 6.28. The van der Waals surface area contributed by atoms with E-state index in [9.17, 15) is 4.79 Å². The minimum atomic E-state index is -0.222. The maximum absolute atomic E-state index is 12.7. The molecule has 1 saturated heterocycles. The number of fused-ring (bicyclic) bond motifs is 3. The zero-order valence-electron chi connectivity index (χ0n) is 13.3. The predicted octanol–water partition coefficient (Wildman–Crippen LogP) is 1.90. The summed E-state index contributed by atoms with van der Waals surface area (Å²) in [6, 6.07) is -0.222. The molecular formula is C15H21ClN4O2. The number of hydrogen-bond acceptors (Lipinski definition) is 5. The number of hydrogen-bond donors (Lipinski definition) is 0. The minimum absolute atomic E-state index is 0.0376. The molecule has 0 aliphatic carbocycles. The Kier molecular flexibility index (Phi) is 3.99. The van der Waals surface area contributed by atoms with E-state index < -0.39 is 0 Å². The molecule has 6 nitrogen and oxygen atoms in total. The number of aromatic nitrogens is 2. The van der Waals surface area contributed by atoms with Gasteiger partial charge in [0.05, 0.1) is 11.8 Å². The molecule has 3 heterocycles. The summed E-state index contributed by atoms with van der Waals surface area (Å²) in [6.45, 7) is 4.89. The number of carbonyl (C=O) groups excluding carboxylic acids is 1. The Morgan fingerprint density at radius 3 is 2.77 bits per heavy atom. The second kappa shape index (κ2) is 5.66. The van der Waals surface area contributed by atoms with Gasteiger partial charge in [-0.05, 0) is 23.9 Å². The van der Waals surface area contributed by atoms with Crippen LogP contribution < -0.4 is 9.80 Å². The number of nitrogens with zero attached hydrogens (tertiary/aromatic N) is 4. The highest BCUT2D eigenvalue weighted by Gasteiger charge is 2.45. The summed E-state index contributed by atoms with van der Waals surface area (Å²) in [5.41, 5.74) is 1.62. The van der Waals surface area contributed by atoms with Gasteiger partial charge in [0.1, 0.15) is 11.7 Å². The molecule has 22 heavy (non-hydrogen) atoms. The van der Waals surface area contributed by atoms with Gasteiger partial charge in [0.2, 0.25) is 11.2 Å². The summed E-state index contributed by atoms with van der Waals surface area (Å²) in [4.78, 5) is 25.2. The zero-order valence-corrected chi connectivity index (χ0v) is 14.1. The van der Waals surface area contributed by atoms with E-state index in [-0.39, 0.29) is 23.3 Å². The lowest BCUT2D eigenvalue weighted by Crippen LogP contribution is -2.50. The number of amides is 1. The average Bonchev–Trinajstić information content (AvgIpc) is 2.88. The van der Waals surface area contributed by atoms with E-state index in [1.54, 1.807) is 19.1 Å². The maximum Gasteiger partial charge on any atom is 0.249 e. The van der Waals surface area contributed by atoms with Crippen LogP contribution in [0.1, 0.15) is 26.0 Å². The molecule has 1 amide bonds. The molecule has 2 atom stereocenters. The van der Waals surface area contributed by atoms with Gasteiger partial charge in [-0.25, -0.2) is 4.98 Å². The lowest BCUT2D eigenvalue weighted by atomic mass is 10.0. The van der Waals surface area contributed by atoms with Crippen molar-refractivity contribution in [2.75, 3.05) is 30.5 Å². The number of halogens is 1. The minimum Gasteiger partial charge on any atom is -0.380 e. The quantitative estimate of drug-likeness (QED) is 0.795. The lowest BCUT2D eigenvalue weighted by Gasteiger charge is -2.37. The fourth-order valence-electron chi connectivity index (χ4n) is 3.30. The molecule has 0 aromatic carbocycles. The predicted molar refractivity (Wildman–Crippen MR) is 85.5 cm³/mol. The summed E-state index contributed by atoms with van der Waals surface area (Å²) in [5.74, 6) is 1.24. The number of anilines is 2. The fraction of sp³-hybridized carbons (Fsp3) is 0.667. The van der Waals surface area contributed by atoms with Crippen molar-refractivity contribution in [1.29, 1.82) is 0 Å². The number of likely N-dealkylation sites (N-methyl/N-ethyl adjacent to an activating group) is 1. The van der Waals surface area contributed by atoms with Crippen molar-refractivity contribution in [3.8, 4) is 0 Å². The van der Waals surface area contributed by atoms with Crippen LogP contribution in [0.2, 0.25) is 5.28 Å². The van der Waals surface area contributed by atoms with Crippen molar-refractivity contribution in [1.82, 2.24) is 9.97 Å². The standard InChI is InChI=1S/C15H21ClN4O2/c1-8(2)5-10-12-13(18-15(16)17-10)20-7-9(22-4)6-11(20)14(21)19(12)3/h8-9,11H,5-7H2,1-4H3. The molecule has 0 bridgehead atoms. The van der Waals surface area contributed by atoms with Crippen LogP contribution in [0.5, 0.6) is 0 Å². The Balaban J connectivity index is 2.11. The van der Waals surface area contributed by atoms with Gasteiger partial charge in [-0.2, -0.15) is 4.98 Å². The van der Waals surface area contributed by atoms with Crippen LogP contribution in [-0.4, -0.2) is 48.7 Å². The molecule has 0 saturated carbocycles. The van der Waals surface area contributed by atoms with E-state index in [1.165, 1.54) is 0 Å². The van der Waals surface area contributed by atoms with Crippen LogP contribution in [0, 0.1) is 5.92 Å². The smallest absolute Gasteiger partial charge is 0.249 e. The maximum atomic E-state index is 12.7.